The molecule has 0 bridgehead atoms. The fourth-order valence-electron chi connectivity index (χ4n) is 1.19. The highest BCUT2D eigenvalue weighted by Crippen LogP contribution is 2.20. The minimum atomic E-state index is -0.341. The maximum absolute atomic E-state index is 12.7. The van der Waals surface area contributed by atoms with Gasteiger partial charge in [-0.25, -0.2) is 4.39 Å². The summed E-state index contributed by atoms with van der Waals surface area (Å²) in [7, 11) is 0. The smallest absolute Gasteiger partial charge is 0.294 e. The number of hydrogen-bond donors (Lipinski definition) is 0. The quantitative estimate of drug-likeness (QED) is 0.362. The number of nitrogens with zero attached hydrogens (tertiary/aromatic N) is 1. The molecule has 0 amide bonds. The molecule has 1 heterocycles. The van der Waals surface area contributed by atoms with Gasteiger partial charge in [0.25, 0.3) is 5.15 Å². The Morgan fingerprint density at radius 2 is 2.08 bits per heavy atom. The normalized spacial score (nSPS) is 10.6. The second-order valence-electron chi connectivity index (χ2n) is 2.66. The summed E-state index contributed by atoms with van der Waals surface area (Å²) in [5.41, 5.74) is 0. The third-order valence-corrected chi connectivity index (χ3v) is 2.19. The van der Waals surface area contributed by atoms with E-state index in [1.807, 2.05) is 0 Å². The van der Waals surface area contributed by atoms with Crippen molar-refractivity contribution in [1.82, 2.24) is 0 Å². The summed E-state index contributed by atoms with van der Waals surface area (Å²) in [5.74, 6) is -0.341. The van der Waals surface area contributed by atoms with Crippen LogP contribution in [-0.4, -0.2) is 0 Å². The number of benzene rings is 1. The molecule has 0 unspecified atom stereocenters. The van der Waals surface area contributed by atoms with Crippen LogP contribution in [0.25, 0.3) is 10.8 Å². The summed E-state index contributed by atoms with van der Waals surface area (Å²) in [4.78, 5) is 0. The van der Waals surface area contributed by atoms with Crippen LogP contribution in [0.2, 0.25) is 5.15 Å². The van der Waals surface area contributed by atoms with Gasteiger partial charge in [-0.05, 0) is 35.2 Å². The number of aromatic nitrogens is 1. The average Bonchev–Trinajstić information content (AvgIpc) is 2.12. The fraction of sp³-hybridized carbons (Fsp3) is 0. The highest BCUT2D eigenvalue weighted by atomic mass is 35.5. The van der Waals surface area contributed by atoms with Crippen molar-refractivity contribution in [2.24, 2.45) is 0 Å². The Labute approximate surface area is 78.8 Å². The second kappa shape index (κ2) is 2.85. The van der Waals surface area contributed by atoms with Crippen LogP contribution in [0.4, 0.5) is 4.39 Å². The summed E-state index contributed by atoms with van der Waals surface area (Å²) in [6.07, 6.45) is 1.25. The van der Waals surface area contributed by atoms with E-state index in [-0.39, 0.29) is 11.0 Å². The molecule has 0 saturated carbocycles. The van der Waals surface area contributed by atoms with Crippen molar-refractivity contribution in [3.8, 4) is 0 Å². The lowest BCUT2D eigenvalue weighted by Crippen LogP contribution is -2.26. The van der Waals surface area contributed by atoms with Gasteiger partial charge in [0.1, 0.15) is 5.82 Å². The molecule has 66 valence electrons. The highest BCUT2D eigenvalue weighted by molar-refractivity contribution is 6.33. The molecule has 2 nitrogen and oxygen atoms in total. The summed E-state index contributed by atoms with van der Waals surface area (Å²) in [6.45, 7) is 0. The zero-order valence-corrected chi connectivity index (χ0v) is 7.25. The molecule has 0 spiro atoms. The third kappa shape index (κ3) is 1.31. The molecule has 0 aliphatic carbocycles. The molecule has 2 aromatic rings. The van der Waals surface area contributed by atoms with Crippen molar-refractivity contribution in [3.05, 3.63) is 46.6 Å². The predicted molar refractivity (Wildman–Crippen MR) is 47.9 cm³/mol. The predicted octanol–water partition coefficient (Wildman–Crippen LogP) is 2.27. The lowest BCUT2D eigenvalue weighted by atomic mass is 10.2. The summed E-state index contributed by atoms with van der Waals surface area (Å²) < 4.78 is 13.3. The Bertz CT molecular complexity index is 472. The number of hydrogen-bond acceptors (Lipinski definition) is 1. The number of rotatable bonds is 0. The van der Waals surface area contributed by atoms with Crippen LogP contribution < -0.4 is 4.73 Å². The topological polar surface area (TPSA) is 26.9 Å². The Kier molecular flexibility index (Phi) is 1.81. The van der Waals surface area contributed by atoms with Crippen molar-refractivity contribution in [3.63, 3.8) is 0 Å². The van der Waals surface area contributed by atoms with E-state index in [2.05, 4.69) is 0 Å². The zero-order valence-electron chi connectivity index (χ0n) is 6.50. The molecule has 0 N–H and O–H groups in total. The van der Waals surface area contributed by atoms with E-state index in [9.17, 15) is 9.60 Å². The van der Waals surface area contributed by atoms with E-state index >= 15 is 0 Å². The molecule has 0 aliphatic heterocycles. The molecule has 1 aromatic carbocycles. The van der Waals surface area contributed by atoms with Crippen LogP contribution in [0.1, 0.15) is 0 Å². The van der Waals surface area contributed by atoms with Crippen molar-refractivity contribution >= 4 is 22.4 Å². The molecular formula is C9H5ClFNO. The molecule has 0 atom stereocenters. The van der Waals surface area contributed by atoms with Gasteiger partial charge in [-0.1, -0.05) is 0 Å². The van der Waals surface area contributed by atoms with E-state index in [0.717, 1.165) is 0 Å². The summed E-state index contributed by atoms with van der Waals surface area (Å²) in [6, 6.07) is 5.62. The Morgan fingerprint density at radius 3 is 2.85 bits per heavy atom. The van der Waals surface area contributed by atoms with Gasteiger partial charge in [-0.2, -0.15) is 4.73 Å². The van der Waals surface area contributed by atoms with Crippen LogP contribution in [-0.2, 0) is 0 Å². The van der Waals surface area contributed by atoms with Crippen LogP contribution in [0, 0.1) is 11.0 Å². The first-order chi connectivity index (χ1) is 6.18. The van der Waals surface area contributed by atoms with Gasteiger partial charge in [-0.15, -0.1) is 0 Å². The van der Waals surface area contributed by atoms with E-state index in [1.165, 1.54) is 30.5 Å². The zero-order chi connectivity index (χ0) is 9.42. The molecule has 1 aromatic heterocycles. The lowest BCUT2D eigenvalue weighted by molar-refractivity contribution is -0.601. The standard InChI is InChI=1S/C9H5ClFNO/c10-9-8-2-1-7(11)5-6(8)3-4-12(9)13/h1-5H. The Morgan fingerprint density at radius 1 is 1.31 bits per heavy atom. The highest BCUT2D eigenvalue weighted by Gasteiger charge is 2.07. The van der Waals surface area contributed by atoms with E-state index in [0.29, 0.717) is 15.5 Å². The van der Waals surface area contributed by atoms with Gasteiger partial charge in [0.2, 0.25) is 0 Å². The summed E-state index contributed by atoms with van der Waals surface area (Å²) >= 11 is 5.71. The van der Waals surface area contributed by atoms with Crippen molar-refractivity contribution in [1.29, 1.82) is 0 Å². The van der Waals surface area contributed by atoms with Gasteiger partial charge in [0.05, 0.1) is 5.39 Å². The molecule has 0 radical (unpaired) electrons. The molecular weight excluding hydrogens is 193 g/mol. The Balaban J connectivity index is 2.87. The monoisotopic (exact) mass is 197 g/mol. The van der Waals surface area contributed by atoms with Gasteiger partial charge in [-0.3, -0.25) is 0 Å². The van der Waals surface area contributed by atoms with E-state index in [1.54, 1.807) is 0 Å². The minimum absolute atomic E-state index is 0.0671. The van der Waals surface area contributed by atoms with Crippen LogP contribution >= 0.6 is 11.6 Å². The van der Waals surface area contributed by atoms with Crippen molar-refractivity contribution < 1.29 is 9.12 Å². The number of pyridine rings is 1. The minimum Gasteiger partial charge on any atom is -0.618 e. The molecule has 0 fully saturated rings. The van der Waals surface area contributed by atoms with Gasteiger partial charge in [0.15, 0.2) is 6.20 Å². The first-order valence-electron chi connectivity index (χ1n) is 3.65. The molecule has 0 saturated heterocycles. The number of halogens is 2. The van der Waals surface area contributed by atoms with Crippen LogP contribution in [0.5, 0.6) is 0 Å². The molecule has 0 aliphatic rings. The first kappa shape index (κ1) is 8.26. The van der Waals surface area contributed by atoms with E-state index < -0.39 is 0 Å². The van der Waals surface area contributed by atoms with Crippen molar-refractivity contribution in [2.75, 3.05) is 0 Å². The Hall–Kier alpha value is -1.35. The first-order valence-corrected chi connectivity index (χ1v) is 4.03. The third-order valence-electron chi connectivity index (χ3n) is 1.82. The van der Waals surface area contributed by atoms with Crippen LogP contribution in [0.15, 0.2) is 30.5 Å². The largest absolute Gasteiger partial charge is 0.618 e. The molecule has 13 heavy (non-hydrogen) atoms. The van der Waals surface area contributed by atoms with Gasteiger partial charge >= 0.3 is 0 Å². The summed E-state index contributed by atoms with van der Waals surface area (Å²) in [5, 5.41) is 12.3. The fourth-order valence-corrected chi connectivity index (χ4v) is 1.42. The molecule has 2 rings (SSSR count). The van der Waals surface area contributed by atoms with E-state index in [4.69, 9.17) is 11.6 Å². The van der Waals surface area contributed by atoms with Crippen LogP contribution in [0.3, 0.4) is 0 Å². The lowest BCUT2D eigenvalue weighted by Gasteiger charge is -2.01. The average molecular weight is 198 g/mol. The second-order valence-corrected chi connectivity index (χ2v) is 3.02. The maximum atomic E-state index is 12.7. The maximum Gasteiger partial charge on any atom is 0.294 e. The number of fused-ring (bicyclic) bond motifs is 1. The van der Waals surface area contributed by atoms with Gasteiger partial charge < -0.3 is 5.21 Å². The molecule has 4 heteroatoms. The van der Waals surface area contributed by atoms with Crippen molar-refractivity contribution in [2.45, 2.75) is 0 Å². The SMILES string of the molecule is [O-][n+]1ccc2cc(F)ccc2c1Cl. The van der Waals surface area contributed by atoms with Gasteiger partial charge in [0, 0.05) is 6.07 Å².